The second-order valence-corrected chi connectivity index (χ2v) is 9.23. The number of nitrogens with zero attached hydrogens (tertiary/aromatic N) is 1. The van der Waals surface area contributed by atoms with E-state index in [2.05, 4.69) is 10.6 Å². The van der Waals surface area contributed by atoms with Crippen LogP contribution in [0.4, 0.5) is 21.2 Å². The summed E-state index contributed by atoms with van der Waals surface area (Å²) in [5.41, 5.74) is 2.04. The summed E-state index contributed by atoms with van der Waals surface area (Å²) in [6.45, 7) is 0.818. The zero-order valence-electron chi connectivity index (χ0n) is 17.7. The number of benzene rings is 2. The zero-order chi connectivity index (χ0) is 23.2. The van der Waals surface area contributed by atoms with Crippen LogP contribution in [0.2, 0.25) is 4.34 Å². The summed E-state index contributed by atoms with van der Waals surface area (Å²) in [5.74, 6) is 0.132. The molecule has 1 aromatic heterocycles. The molecule has 0 radical (unpaired) electrons. The summed E-state index contributed by atoms with van der Waals surface area (Å²) in [5, 5.41) is 14.1. The van der Waals surface area contributed by atoms with Crippen LogP contribution >= 0.6 is 22.9 Å². The van der Waals surface area contributed by atoms with Crippen LogP contribution in [0.3, 0.4) is 0 Å². The first-order valence-electron chi connectivity index (χ1n) is 10.5. The van der Waals surface area contributed by atoms with Crippen molar-refractivity contribution in [3.05, 3.63) is 76.6 Å². The van der Waals surface area contributed by atoms with Gasteiger partial charge in [0.05, 0.1) is 9.34 Å². The first-order valence-corrected chi connectivity index (χ1v) is 11.7. The number of hydrogen-bond acceptors (Lipinski definition) is 5. The first-order chi connectivity index (χ1) is 16.0. The molecule has 170 valence electrons. The van der Waals surface area contributed by atoms with E-state index in [-0.39, 0.29) is 0 Å². The number of nitrogens with one attached hydrogen (secondary N) is 3. The van der Waals surface area contributed by atoms with Gasteiger partial charge >= 0.3 is 6.09 Å². The smallest absolute Gasteiger partial charge is 0.413 e. The molecule has 2 aromatic carbocycles. The van der Waals surface area contributed by atoms with Gasteiger partial charge in [0.15, 0.2) is 0 Å². The molecular weight excluding hydrogens is 460 g/mol. The third kappa shape index (κ3) is 5.91. The molecule has 3 N–H and O–H groups in total. The molecule has 3 aromatic rings. The average molecular weight is 483 g/mol. The standard InChI is InChI=1S/C24H23ClN4O3S/c25-19-13-14-21(33-19)28-24(31)32-22(16-6-2-1-3-7-16)23(30)27-17-9-11-18(12-10-17)29-15-5-4-8-20(29)26/h1-3,6-7,9-14,22,26H,4-5,8,15H2,(H,27,30)(H,28,31). The number of thiophene rings is 1. The van der Waals surface area contributed by atoms with Gasteiger partial charge in [-0.1, -0.05) is 41.9 Å². The SMILES string of the molecule is N=C1CCCCN1c1ccc(NC(=O)C(OC(=O)Nc2ccc(Cl)s2)c2ccccc2)cc1. The highest BCUT2D eigenvalue weighted by molar-refractivity contribution is 7.20. The van der Waals surface area contributed by atoms with Gasteiger partial charge < -0.3 is 15.0 Å². The number of hydrogen-bond donors (Lipinski definition) is 3. The lowest BCUT2D eigenvalue weighted by Gasteiger charge is -2.29. The van der Waals surface area contributed by atoms with Crippen molar-refractivity contribution < 1.29 is 14.3 Å². The van der Waals surface area contributed by atoms with Crippen LogP contribution in [0.5, 0.6) is 0 Å². The zero-order valence-corrected chi connectivity index (χ0v) is 19.3. The van der Waals surface area contributed by atoms with E-state index in [9.17, 15) is 9.59 Å². The Labute approximate surface area is 200 Å². The molecule has 33 heavy (non-hydrogen) atoms. The van der Waals surface area contributed by atoms with Crippen LogP contribution in [-0.4, -0.2) is 24.4 Å². The molecule has 1 aliphatic heterocycles. The average Bonchev–Trinajstić information content (AvgIpc) is 3.23. The van der Waals surface area contributed by atoms with Crippen LogP contribution in [0.15, 0.2) is 66.7 Å². The number of rotatable bonds is 6. The highest BCUT2D eigenvalue weighted by Crippen LogP contribution is 2.28. The summed E-state index contributed by atoms with van der Waals surface area (Å²) in [7, 11) is 0. The Morgan fingerprint density at radius 3 is 2.42 bits per heavy atom. The van der Waals surface area contributed by atoms with Crippen LogP contribution < -0.4 is 15.5 Å². The number of piperidine rings is 1. The maximum Gasteiger partial charge on any atom is 0.413 e. The second-order valence-electron chi connectivity index (χ2n) is 7.52. The second kappa shape index (κ2) is 10.5. The van der Waals surface area contributed by atoms with Gasteiger partial charge in [0.25, 0.3) is 5.91 Å². The van der Waals surface area contributed by atoms with Crippen molar-refractivity contribution in [2.45, 2.75) is 25.4 Å². The van der Waals surface area contributed by atoms with E-state index in [1.165, 1.54) is 11.3 Å². The lowest BCUT2D eigenvalue weighted by molar-refractivity contribution is -0.124. The molecule has 0 bridgehead atoms. The monoisotopic (exact) mass is 482 g/mol. The Kier molecular flexibility index (Phi) is 7.26. The largest absolute Gasteiger partial charge is 0.431 e. The molecule has 0 aliphatic carbocycles. The number of amidine groups is 1. The normalized spacial score (nSPS) is 14.5. The van der Waals surface area contributed by atoms with Crippen LogP contribution in [-0.2, 0) is 9.53 Å². The van der Waals surface area contributed by atoms with Crippen molar-refractivity contribution in [3.8, 4) is 0 Å². The molecule has 7 nitrogen and oxygen atoms in total. The molecular formula is C24H23ClN4O3S. The van der Waals surface area contributed by atoms with Crippen molar-refractivity contribution in [1.29, 1.82) is 5.41 Å². The molecule has 1 fully saturated rings. The molecule has 1 saturated heterocycles. The van der Waals surface area contributed by atoms with E-state index in [4.69, 9.17) is 21.7 Å². The summed E-state index contributed by atoms with van der Waals surface area (Å²) in [6.07, 6.45) is 0.968. The third-order valence-corrected chi connectivity index (χ3v) is 6.33. The highest BCUT2D eigenvalue weighted by atomic mass is 35.5. The van der Waals surface area contributed by atoms with E-state index in [0.717, 1.165) is 31.5 Å². The Hall–Kier alpha value is -3.36. The molecule has 1 aliphatic rings. The quantitative estimate of drug-likeness (QED) is 0.384. The Bertz CT molecular complexity index is 1130. The van der Waals surface area contributed by atoms with E-state index >= 15 is 0 Å². The molecule has 1 unspecified atom stereocenters. The summed E-state index contributed by atoms with van der Waals surface area (Å²) in [6, 6.07) is 19.5. The fourth-order valence-corrected chi connectivity index (χ4v) is 4.50. The molecule has 1 atom stereocenters. The van der Waals surface area contributed by atoms with Gasteiger partial charge in [-0.15, -0.1) is 11.3 Å². The van der Waals surface area contributed by atoms with Crippen molar-refractivity contribution in [2.24, 2.45) is 0 Å². The Balaban J connectivity index is 1.46. The minimum absolute atomic E-state index is 0.473. The topological polar surface area (TPSA) is 94.5 Å². The Morgan fingerprint density at radius 1 is 1.00 bits per heavy atom. The van der Waals surface area contributed by atoms with Crippen molar-refractivity contribution >= 4 is 57.1 Å². The molecule has 2 amide bonds. The Morgan fingerprint density at radius 2 is 1.76 bits per heavy atom. The van der Waals surface area contributed by atoms with E-state index in [0.29, 0.717) is 26.4 Å². The van der Waals surface area contributed by atoms with Crippen molar-refractivity contribution in [3.63, 3.8) is 0 Å². The molecule has 4 rings (SSSR count). The van der Waals surface area contributed by atoms with Crippen molar-refractivity contribution in [2.75, 3.05) is 22.1 Å². The lowest BCUT2D eigenvalue weighted by atomic mass is 10.1. The van der Waals surface area contributed by atoms with Gasteiger partial charge in [-0.25, -0.2) is 4.79 Å². The van der Waals surface area contributed by atoms with Gasteiger partial charge in [-0.2, -0.15) is 0 Å². The number of amides is 2. The number of carbonyl (C=O) groups is 2. The fourth-order valence-electron chi connectivity index (χ4n) is 3.57. The van der Waals surface area contributed by atoms with Crippen molar-refractivity contribution in [1.82, 2.24) is 0 Å². The number of ether oxygens (including phenoxy) is 1. The molecule has 0 spiro atoms. The summed E-state index contributed by atoms with van der Waals surface area (Å²) in [4.78, 5) is 27.5. The maximum atomic E-state index is 13.1. The summed E-state index contributed by atoms with van der Waals surface area (Å²) >= 11 is 7.10. The van der Waals surface area contributed by atoms with Crippen LogP contribution in [0, 0.1) is 5.41 Å². The number of halogens is 1. The summed E-state index contributed by atoms with van der Waals surface area (Å²) < 4.78 is 6.01. The van der Waals surface area contributed by atoms with Gasteiger partial charge in [0.2, 0.25) is 6.10 Å². The van der Waals surface area contributed by atoms with Gasteiger partial charge in [0.1, 0.15) is 5.84 Å². The van der Waals surface area contributed by atoms with E-state index < -0.39 is 18.1 Å². The number of anilines is 3. The first kappa shape index (κ1) is 22.8. The highest BCUT2D eigenvalue weighted by Gasteiger charge is 2.26. The maximum absolute atomic E-state index is 13.1. The molecule has 0 saturated carbocycles. The molecule has 9 heteroatoms. The number of carbonyl (C=O) groups excluding carboxylic acids is 2. The van der Waals surface area contributed by atoms with E-state index in [1.54, 1.807) is 48.5 Å². The van der Waals surface area contributed by atoms with Gasteiger partial charge in [-0.05, 0) is 49.2 Å². The molecule has 2 heterocycles. The fraction of sp³-hybridized carbons (Fsp3) is 0.208. The van der Waals surface area contributed by atoms with Gasteiger partial charge in [0, 0.05) is 29.9 Å². The van der Waals surface area contributed by atoms with Crippen LogP contribution in [0.25, 0.3) is 0 Å². The predicted molar refractivity (Wildman–Crippen MR) is 133 cm³/mol. The minimum Gasteiger partial charge on any atom is -0.431 e. The van der Waals surface area contributed by atoms with Crippen LogP contribution in [0.1, 0.15) is 30.9 Å². The van der Waals surface area contributed by atoms with E-state index in [1.807, 2.05) is 23.1 Å². The van der Waals surface area contributed by atoms with Gasteiger partial charge in [-0.3, -0.25) is 15.5 Å². The third-order valence-electron chi connectivity index (χ3n) is 5.18. The minimum atomic E-state index is -1.14. The predicted octanol–water partition coefficient (Wildman–Crippen LogP) is 6.30. The lowest BCUT2D eigenvalue weighted by Crippen LogP contribution is -2.34.